The van der Waals surface area contributed by atoms with E-state index >= 15 is 0 Å². The second-order valence-corrected chi connectivity index (χ2v) is 11.2. The van der Waals surface area contributed by atoms with Crippen molar-refractivity contribution in [2.75, 3.05) is 0 Å². The van der Waals surface area contributed by atoms with Gasteiger partial charge in [-0.15, -0.1) is 0 Å². The molecule has 3 aromatic heterocycles. The fourth-order valence-corrected chi connectivity index (χ4v) is 7.17. The second kappa shape index (κ2) is 8.37. The molecule has 3 nitrogen and oxygen atoms in total. The molecule has 3 heteroatoms. The molecule has 0 unspecified atom stereocenters. The molecule has 43 heavy (non-hydrogen) atoms. The molecule has 0 spiro atoms. The number of fused-ring (bicyclic) bond motifs is 10. The molecule has 0 saturated heterocycles. The van der Waals surface area contributed by atoms with E-state index in [4.69, 9.17) is 13.3 Å². The van der Waals surface area contributed by atoms with Crippen LogP contribution in [0.15, 0.2) is 147 Å². The van der Waals surface area contributed by atoms with Crippen LogP contribution in [0.1, 0.15) is 0 Å². The number of para-hydroxylation sites is 3. The number of rotatable bonds is 2. The minimum atomic E-state index is 0.775. The quantitative estimate of drug-likeness (QED) is 0.201. The molecular formula is C40H22O3. The maximum Gasteiger partial charge on any atom is 0.179 e. The highest BCUT2D eigenvalue weighted by molar-refractivity contribution is 6.29. The van der Waals surface area contributed by atoms with Gasteiger partial charge in [0.25, 0.3) is 0 Å². The Morgan fingerprint density at radius 3 is 1.60 bits per heavy atom. The van der Waals surface area contributed by atoms with E-state index in [9.17, 15) is 0 Å². The van der Waals surface area contributed by atoms with Gasteiger partial charge in [-0.2, -0.15) is 0 Å². The highest BCUT2D eigenvalue weighted by Gasteiger charge is 2.24. The maximum absolute atomic E-state index is 6.56. The van der Waals surface area contributed by atoms with Crippen LogP contribution in [0.3, 0.4) is 0 Å². The van der Waals surface area contributed by atoms with Gasteiger partial charge in [0.2, 0.25) is 0 Å². The molecule has 0 N–H and O–H groups in total. The van der Waals surface area contributed by atoms with Crippen molar-refractivity contribution in [2.45, 2.75) is 0 Å². The van der Waals surface area contributed by atoms with Gasteiger partial charge in [0, 0.05) is 38.1 Å². The van der Waals surface area contributed by atoms with Crippen LogP contribution in [-0.2, 0) is 0 Å². The molecule has 0 aliphatic rings. The largest absolute Gasteiger partial charge is 0.460 e. The molecule has 0 saturated carbocycles. The van der Waals surface area contributed by atoms with Crippen LogP contribution in [-0.4, -0.2) is 0 Å². The standard InChI is InChI=1S/C40H22O3/c1-3-13-27-25(11-1)35(31-17-9-16-29-24-10-5-7-18-33(24)42-39(29)31)26-12-2-4-14-28(26)36(27)32-22-23-20-21-41-38(23)40-37(32)30-15-6-8-19-34(30)43-40/h1-22H. The molecule has 0 radical (unpaired) electrons. The number of hydrogen-bond donors (Lipinski definition) is 0. The van der Waals surface area contributed by atoms with Crippen LogP contribution in [0, 0.1) is 0 Å². The summed E-state index contributed by atoms with van der Waals surface area (Å²) in [5, 5.41) is 10.1. The third-order valence-corrected chi connectivity index (χ3v) is 8.94. The van der Waals surface area contributed by atoms with Gasteiger partial charge in [-0.3, -0.25) is 0 Å². The molecule has 10 aromatic rings. The average molecular weight is 551 g/mol. The van der Waals surface area contributed by atoms with Crippen molar-refractivity contribution in [3.05, 3.63) is 134 Å². The van der Waals surface area contributed by atoms with E-state index in [1.165, 1.54) is 32.7 Å². The Labute approximate surface area is 245 Å². The highest BCUT2D eigenvalue weighted by Crippen LogP contribution is 2.49. The number of hydrogen-bond acceptors (Lipinski definition) is 3. The lowest BCUT2D eigenvalue weighted by Gasteiger charge is -2.18. The molecule has 3 heterocycles. The lowest BCUT2D eigenvalue weighted by molar-refractivity contribution is 0.600. The Morgan fingerprint density at radius 2 is 0.907 bits per heavy atom. The Hall–Kier alpha value is -5.80. The molecule has 0 fully saturated rings. The fourth-order valence-electron chi connectivity index (χ4n) is 7.17. The van der Waals surface area contributed by atoms with Gasteiger partial charge in [0.05, 0.1) is 6.26 Å². The van der Waals surface area contributed by atoms with Crippen molar-refractivity contribution in [1.82, 2.24) is 0 Å². The van der Waals surface area contributed by atoms with Gasteiger partial charge in [0.15, 0.2) is 11.2 Å². The van der Waals surface area contributed by atoms with Crippen LogP contribution in [0.4, 0.5) is 0 Å². The summed E-state index contributed by atoms with van der Waals surface area (Å²) >= 11 is 0. The van der Waals surface area contributed by atoms with Crippen molar-refractivity contribution >= 4 is 76.4 Å². The minimum absolute atomic E-state index is 0.775. The summed E-state index contributed by atoms with van der Waals surface area (Å²) in [6.45, 7) is 0. The van der Waals surface area contributed by atoms with Gasteiger partial charge >= 0.3 is 0 Å². The monoisotopic (exact) mass is 550 g/mol. The SMILES string of the molecule is c1ccc2c(c1)oc1c(-c3c4ccccc4c(-c4cc5ccoc5c5oc6ccccc6c45)c4ccccc34)cccc12. The van der Waals surface area contributed by atoms with E-state index < -0.39 is 0 Å². The molecule has 0 aliphatic heterocycles. The Balaban J connectivity index is 1.41. The van der Waals surface area contributed by atoms with Gasteiger partial charge in [0.1, 0.15) is 16.7 Å². The van der Waals surface area contributed by atoms with Crippen molar-refractivity contribution in [3.8, 4) is 22.3 Å². The predicted molar refractivity (Wildman–Crippen MR) is 177 cm³/mol. The molecule has 0 atom stereocenters. The Morgan fingerprint density at radius 1 is 0.372 bits per heavy atom. The summed E-state index contributed by atoms with van der Waals surface area (Å²) < 4.78 is 19.0. The second-order valence-electron chi connectivity index (χ2n) is 11.2. The number of furan rings is 3. The molecule has 200 valence electrons. The average Bonchev–Trinajstić information content (AvgIpc) is 3.78. The van der Waals surface area contributed by atoms with Crippen LogP contribution in [0.5, 0.6) is 0 Å². The molecule has 10 rings (SSSR count). The summed E-state index contributed by atoms with van der Waals surface area (Å²) in [6, 6.07) is 44.8. The van der Waals surface area contributed by atoms with E-state index in [2.05, 4.69) is 97.1 Å². The van der Waals surface area contributed by atoms with E-state index in [0.29, 0.717) is 0 Å². The lowest BCUT2D eigenvalue weighted by atomic mass is 9.84. The zero-order chi connectivity index (χ0) is 28.1. The van der Waals surface area contributed by atoms with Crippen molar-refractivity contribution in [2.24, 2.45) is 0 Å². The van der Waals surface area contributed by atoms with Gasteiger partial charge in [-0.05, 0) is 56.9 Å². The van der Waals surface area contributed by atoms with E-state index in [1.54, 1.807) is 6.26 Å². The minimum Gasteiger partial charge on any atom is -0.460 e. The normalized spacial score (nSPS) is 12.2. The van der Waals surface area contributed by atoms with Crippen LogP contribution in [0.2, 0.25) is 0 Å². The summed E-state index contributed by atoms with van der Waals surface area (Å²) in [5.41, 5.74) is 8.81. The smallest absolute Gasteiger partial charge is 0.179 e. The van der Waals surface area contributed by atoms with Crippen molar-refractivity contribution < 1.29 is 13.3 Å². The zero-order valence-corrected chi connectivity index (χ0v) is 22.9. The van der Waals surface area contributed by atoms with E-state index in [1.807, 2.05) is 30.3 Å². The first-order chi connectivity index (χ1) is 21.3. The van der Waals surface area contributed by atoms with E-state index in [0.717, 1.165) is 66.0 Å². The van der Waals surface area contributed by atoms with Crippen molar-refractivity contribution in [3.63, 3.8) is 0 Å². The van der Waals surface area contributed by atoms with Crippen molar-refractivity contribution in [1.29, 1.82) is 0 Å². The Kier molecular flexibility index (Phi) is 4.45. The first-order valence-electron chi connectivity index (χ1n) is 14.5. The third-order valence-electron chi connectivity index (χ3n) is 8.94. The molecule has 0 aliphatic carbocycles. The highest BCUT2D eigenvalue weighted by atomic mass is 16.4. The van der Waals surface area contributed by atoms with Gasteiger partial charge < -0.3 is 13.3 Å². The van der Waals surface area contributed by atoms with Crippen LogP contribution in [0.25, 0.3) is 98.6 Å². The van der Waals surface area contributed by atoms with E-state index in [-0.39, 0.29) is 0 Å². The molecule has 0 amide bonds. The zero-order valence-electron chi connectivity index (χ0n) is 22.9. The third kappa shape index (κ3) is 3.03. The molecular weight excluding hydrogens is 528 g/mol. The summed E-state index contributed by atoms with van der Waals surface area (Å²) in [5.74, 6) is 0. The predicted octanol–water partition coefficient (Wildman–Crippen LogP) is 11.9. The first kappa shape index (κ1) is 22.8. The van der Waals surface area contributed by atoms with Crippen LogP contribution < -0.4 is 0 Å². The summed E-state index contributed by atoms with van der Waals surface area (Å²) in [7, 11) is 0. The lowest BCUT2D eigenvalue weighted by Crippen LogP contribution is -1.91. The summed E-state index contributed by atoms with van der Waals surface area (Å²) in [4.78, 5) is 0. The Bertz CT molecular complexity index is 2680. The van der Waals surface area contributed by atoms with Gasteiger partial charge in [-0.25, -0.2) is 0 Å². The number of benzene rings is 7. The van der Waals surface area contributed by atoms with Gasteiger partial charge in [-0.1, -0.05) is 103 Å². The first-order valence-corrected chi connectivity index (χ1v) is 14.5. The summed E-state index contributed by atoms with van der Waals surface area (Å²) in [6.07, 6.45) is 1.74. The molecule has 0 bridgehead atoms. The molecule has 7 aromatic carbocycles. The topological polar surface area (TPSA) is 39.4 Å². The fraction of sp³-hybridized carbons (Fsp3) is 0. The van der Waals surface area contributed by atoms with Crippen LogP contribution >= 0.6 is 0 Å². The maximum atomic E-state index is 6.56.